The average molecular weight is 394 g/mol. The average Bonchev–Trinajstić information content (AvgIpc) is 2.69. The molecule has 2 aromatic rings. The fourth-order valence-electron chi connectivity index (χ4n) is 3.01. The first-order valence-electron chi connectivity index (χ1n) is 8.55. The summed E-state index contributed by atoms with van der Waals surface area (Å²) in [5.41, 5.74) is 6.32. The second kappa shape index (κ2) is 8.40. The first kappa shape index (κ1) is 19.2. The highest BCUT2D eigenvalue weighted by molar-refractivity contribution is 6.42. The molecule has 0 spiro atoms. The molecule has 1 atom stereocenters. The van der Waals surface area contributed by atoms with Gasteiger partial charge in [0.1, 0.15) is 17.6 Å². The minimum Gasteiger partial charge on any atom is -0.493 e. The largest absolute Gasteiger partial charge is 0.493 e. The molecule has 1 aliphatic heterocycles. The third-order valence-corrected chi connectivity index (χ3v) is 5.48. The number of aldehydes is 1. The van der Waals surface area contributed by atoms with Gasteiger partial charge in [0.25, 0.3) is 0 Å². The Kier molecular flexibility index (Phi) is 6.20. The number of carbonyl (C=O) groups excluding carboxylic acids is 1. The maximum Gasteiger partial charge on any atom is 0.148 e. The van der Waals surface area contributed by atoms with Crippen molar-refractivity contribution in [2.75, 3.05) is 19.8 Å². The van der Waals surface area contributed by atoms with Crippen molar-refractivity contribution in [1.29, 1.82) is 0 Å². The van der Waals surface area contributed by atoms with E-state index < -0.39 is 5.54 Å². The fraction of sp³-hybridized carbons (Fsp3) is 0.350. The van der Waals surface area contributed by atoms with Crippen molar-refractivity contribution >= 4 is 29.5 Å². The van der Waals surface area contributed by atoms with E-state index in [1.165, 1.54) is 0 Å². The summed E-state index contributed by atoms with van der Waals surface area (Å²) in [6.45, 7) is 2.26. The van der Waals surface area contributed by atoms with Gasteiger partial charge in [0.2, 0.25) is 0 Å². The van der Waals surface area contributed by atoms with Gasteiger partial charge in [-0.3, -0.25) is 0 Å². The smallest absolute Gasteiger partial charge is 0.148 e. The lowest BCUT2D eigenvalue weighted by Crippen LogP contribution is -2.39. The zero-order valence-electron chi connectivity index (χ0n) is 14.3. The summed E-state index contributed by atoms with van der Waals surface area (Å²) < 4.78 is 11.2. The molecule has 138 valence electrons. The summed E-state index contributed by atoms with van der Waals surface area (Å²) in [7, 11) is 0. The van der Waals surface area contributed by atoms with Crippen LogP contribution < -0.4 is 10.5 Å². The van der Waals surface area contributed by atoms with Crippen LogP contribution in [0.3, 0.4) is 0 Å². The lowest BCUT2D eigenvalue weighted by atomic mass is 9.85. The molecule has 1 unspecified atom stereocenters. The molecule has 1 saturated heterocycles. The Morgan fingerprint density at radius 1 is 1.08 bits per heavy atom. The number of halogens is 2. The van der Waals surface area contributed by atoms with E-state index in [0.29, 0.717) is 40.0 Å². The molecule has 0 bridgehead atoms. The van der Waals surface area contributed by atoms with Crippen LogP contribution in [0.25, 0.3) is 0 Å². The number of rotatable bonds is 6. The summed E-state index contributed by atoms with van der Waals surface area (Å²) in [4.78, 5) is 11.8. The molecule has 1 aliphatic rings. The van der Waals surface area contributed by atoms with Crippen LogP contribution in [-0.4, -0.2) is 26.1 Å². The molecule has 6 heteroatoms. The second-order valence-electron chi connectivity index (χ2n) is 6.51. The number of ether oxygens (including phenoxy) is 2. The summed E-state index contributed by atoms with van der Waals surface area (Å²) in [6, 6.07) is 12.2. The molecule has 2 N–H and O–H groups in total. The minimum atomic E-state index is -1.30. The summed E-state index contributed by atoms with van der Waals surface area (Å²) in [5.74, 6) is 1.27. The maximum atomic E-state index is 11.8. The molecule has 0 aliphatic carbocycles. The number of hydrogen-bond acceptors (Lipinski definition) is 4. The first-order chi connectivity index (χ1) is 12.5. The van der Waals surface area contributed by atoms with Gasteiger partial charge in [-0.05, 0) is 54.2 Å². The predicted molar refractivity (Wildman–Crippen MR) is 103 cm³/mol. The summed E-state index contributed by atoms with van der Waals surface area (Å²) in [6.07, 6.45) is 2.75. The molecule has 3 rings (SSSR count). The van der Waals surface area contributed by atoms with E-state index >= 15 is 0 Å². The van der Waals surface area contributed by atoms with Gasteiger partial charge in [-0.2, -0.15) is 0 Å². The third-order valence-electron chi connectivity index (χ3n) is 4.74. The molecule has 0 radical (unpaired) electrons. The molecule has 26 heavy (non-hydrogen) atoms. The van der Waals surface area contributed by atoms with E-state index in [1.54, 1.807) is 30.3 Å². The van der Waals surface area contributed by atoms with Gasteiger partial charge in [0, 0.05) is 13.2 Å². The highest BCUT2D eigenvalue weighted by atomic mass is 35.5. The Morgan fingerprint density at radius 3 is 2.35 bits per heavy atom. The number of benzene rings is 2. The Hall–Kier alpha value is -1.59. The number of carbonyl (C=O) groups is 1. The minimum absolute atomic E-state index is 0.359. The van der Waals surface area contributed by atoms with Crippen LogP contribution in [0.5, 0.6) is 5.75 Å². The molecular weight excluding hydrogens is 373 g/mol. The van der Waals surface area contributed by atoms with E-state index in [4.69, 9.17) is 38.4 Å². The highest BCUT2D eigenvalue weighted by Gasteiger charge is 2.30. The van der Waals surface area contributed by atoms with E-state index in [1.807, 2.05) is 12.1 Å². The molecule has 1 fully saturated rings. The number of hydrogen-bond donors (Lipinski definition) is 1. The van der Waals surface area contributed by atoms with Gasteiger partial charge >= 0.3 is 0 Å². The second-order valence-corrected chi connectivity index (χ2v) is 7.32. The number of nitrogens with two attached hydrogens (primary N) is 1. The van der Waals surface area contributed by atoms with Crippen LogP contribution >= 0.6 is 23.2 Å². The first-order valence-corrected chi connectivity index (χ1v) is 9.30. The quantitative estimate of drug-likeness (QED) is 0.746. The van der Waals surface area contributed by atoms with Crippen molar-refractivity contribution in [2.45, 2.75) is 18.4 Å². The van der Waals surface area contributed by atoms with E-state index in [0.717, 1.165) is 31.8 Å². The van der Waals surface area contributed by atoms with Crippen molar-refractivity contribution in [3.8, 4) is 5.75 Å². The summed E-state index contributed by atoms with van der Waals surface area (Å²) in [5, 5.41) is 0.776. The lowest BCUT2D eigenvalue weighted by Gasteiger charge is -2.25. The third kappa shape index (κ3) is 4.21. The lowest BCUT2D eigenvalue weighted by molar-refractivity contribution is -0.111. The Labute approximate surface area is 163 Å². The van der Waals surface area contributed by atoms with Crippen molar-refractivity contribution in [3.63, 3.8) is 0 Å². The van der Waals surface area contributed by atoms with Crippen LogP contribution in [0.4, 0.5) is 0 Å². The van der Waals surface area contributed by atoms with Gasteiger partial charge in [-0.1, -0.05) is 41.4 Å². The van der Waals surface area contributed by atoms with Gasteiger partial charge in [0.15, 0.2) is 0 Å². The van der Waals surface area contributed by atoms with Crippen LogP contribution in [-0.2, 0) is 15.1 Å². The molecular formula is C20H21Cl2NO3. The molecule has 0 aromatic heterocycles. The van der Waals surface area contributed by atoms with Gasteiger partial charge in [-0.15, -0.1) is 0 Å². The molecule has 1 heterocycles. The van der Waals surface area contributed by atoms with Crippen molar-refractivity contribution < 1.29 is 14.3 Å². The Morgan fingerprint density at radius 2 is 1.73 bits per heavy atom. The SMILES string of the molecule is NC(C=O)(c1ccc(OCC2CCOCC2)cc1)c1ccc(Cl)c(Cl)c1. The highest BCUT2D eigenvalue weighted by Crippen LogP contribution is 2.31. The van der Waals surface area contributed by atoms with Crippen LogP contribution in [0.2, 0.25) is 10.0 Å². The van der Waals surface area contributed by atoms with Crippen molar-refractivity contribution in [1.82, 2.24) is 0 Å². The van der Waals surface area contributed by atoms with E-state index in [9.17, 15) is 4.79 Å². The topological polar surface area (TPSA) is 61.6 Å². The zero-order valence-corrected chi connectivity index (χ0v) is 15.8. The standard InChI is InChI=1S/C20H21Cl2NO3/c21-18-6-3-16(11-19(18)22)20(23,13-24)15-1-4-17(5-2-15)26-12-14-7-9-25-10-8-14/h1-6,11,13-14H,7-10,12,23H2. The Bertz CT molecular complexity index is 760. The zero-order chi connectivity index (χ0) is 18.6. The van der Waals surface area contributed by atoms with Crippen molar-refractivity contribution in [3.05, 3.63) is 63.6 Å². The van der Waals surface area contributed by atoms with Gasteiger partial charge < -0.3 is 20.0 Å². The van der Waals surface area contributed by atoms with E-state index in [2.05, 4.69) is 0 Å². The molecule has 2 aromatic carbocycles. The van der Waals surface area contributed by atoms with Crippen LogP contribution in [0, 0.1) is 5.92 Å². The maximum absolute atomic E-state index is 11.8. The van der Waals surface area contributed by atoms with Crippen LogP contribution in [0.15, 0.2) is 42.5 Å². The monoisotopic (exact) mass is 393 g/mol. The molecule has 4 nitrogen and oxygen atoms in total. The fourth-order valence-corrected chi connectivity index (χ4v) is 3.31. The van der Waals surface area contributed by atoms with Gasteiger partial charge in [-0.25, -0.2) is 0 Å². The van der Waals surface area contributed by atoms with Gasteiger partial charge in [0.05, 0.1) is 16.7 Å². The summed E-state index contributed by atoms with van der Waals surface area (Å²) >= 11 is 12.0. The van der Waals surface area contributed by atoms with Crippen molar-refractivity contribution in [2.24, 2.45) is 11.7 Å². The Balaban J connectivity index is 1.74. The molecule has 0 saturated carbocycles. The predicted octanol–water partition coefficient (Wildman–Crippen LogP) is 4.20. The molecule has 0 amide bonds. The normalized spacial score (nSPS) is 17.5. The van der Waals surface area contributed by atoms with E-state index in [-0.39, 0.29) is 0 Å². The van der Waals surface area contributed by atoms with Crippen LogP contribution in [0.1, 0.15) is 24.0 Å².